The summed E-state index contributed by atoms with van der Waals surface area (Å²) in [6.45, 7) is 8.14. The lowest BCUT2D eigenvalue weighted by Gasteiger charge is -2.35. The van der Waals surface area contributed by atoms with Gasteiger partial charge >= 0.3 is 6.03 Å². The molecular weight excluding hydrogens is 426 g/mol. The highest BCUT2D eigenvalue weighted by atomic mass is 16.2. The molecule has 1 aliphatic heterocycles. The lowest BCUT2D eigenvalue weighted by Crippen LogP contribution is -2.51. The number of anilines is 3. The van der Waals surface area contributed by atoms with E-state index in [0.29, 0.717) is 31.7 Å². The number of hydrogen-bond acceptors (Lipinski definition) is 4. The van der Waals surface area contributed by atoms with Crippen molar-refractivity contribution in [3.8, 4) is 0 Å². The molecule has 3 amide bonds. The van der Waals surface area contributed by atoms with Crippen molar-refractivity contribution in [2.24, 2.45) is 0 Å². The van der Waals surface area contributed by atoms with E-state index in [2.05, 4.69) is 23.3 Å². The highest BCUT2D eigenvalue weighted by Crippen LogP contribution is 2.24. The zero-order valence-corrected chi connectivity index (χ0v) is 20.2. The summed E-state index contributed by atoms with van der Waals surface area (Å²) in [5, 5.41) is 3.03. The Kier molecular flexibility index (Phi) is 6.82. The standard InChI is InChI=1S/C27H31N5O2/c1-19-17-21(3)25(18-20(19)2)29-27(34)32-15-13-31(14-16-32)26(33)22-5-7-23(8-6-22)30(4)24-9-11-28-12-10-24/h5-12,17-18H,13-16H2,1-4H3,(H,29,34). The van der Waals surface area contributed by atoms with E-state index in [4.69, 9.17) is 0 Å². The summed E-state index contributed by atoms with van der Waals surface area (Å²) in [6, 6.07) is 15.5. The van der Waals surface area contributed by atoms with Crippen LogP contribution in [0.2, 0.25) is 0 Å². The van der Waals surface area contributed by atoms with Crippen LogP contribution < -0.4 is 10.2 Å². The van der Waals surface area contributed by atoms with E-state index in [-0.39, 0.29) is 11.9 Å². The van der Waals surface area contributed by atoms with Gasteiger partial charge in [0, 0.05) is 68.2 Å². The van der Waals surface area contributed by atoms with Crippen LogP contribution in [0.3, 0.4) is 0 Å². The normalized spacial score (nSPS) is 13.5. The molecule has 7 nitrogen and oxygen atoms in total. The van der Waals surface area contributed by atoms with Crippen molar-refractivity contribution < 1.29 is 9.59 Å². The fourth-order valence-corrected chi connectivity index (χ4v) is 4.13. The molecule has 1 aliphatic rings. The lowest BCUT2D eigenvalue weighted by atomic mass is 10.1. The smallest absolute Gasteiger partial charge is 0.321 e. The van der Waals surface area contributed by atoms with Crippen molar-refractivity contribution in [2.75, 3.05) is 43.4 Å². The molecule has 0 radical (unpaired) electrons. The molecule has 1 saturated heterocycles. The van der Waals surface area contributed by atoms with E-state index in [1.807, 2.05) is 73.2 Å². The number of pyridine rings is 1. The maximum atomic E-state index is 13.0. The molecule has 2 aromatic carbocycles. The van der Waals surface area contributed by atoms with Crippen LogP contribution in [-0.2, 0) is 0 Å². The molecule has 0 spiro atoms. The van der Waals surface area contributed by atoms with Gasteiger partial charge in [0.05, 0.1) is 0 Å². The van der Waals surface area contributed by atoms with Crippen LogP contribution in [0.25, 0.3) is 0 Å². The van der Waals surface area contributed by atoms with Crippen LogP contribution in [0.5, 0.6) is 0 Å². The molecule has 176 valence electrons. The minimum atomic E-state index is -0.123. The van der Waals surface area contributed by atoms with Gasteiger partial charge in [-0.25, -0.2) is 4.79 Å². The Morgan fingerprint density at radius 2 is 1.35 bits per heavy atom. The van der Waals surface area contributed by atoms with E-state index in [1.165, 1.54) is 5.56 Å². The van der Waals surface area contributed by atoms with E-state index < -0.39 is 0 Å². The van der Waals surface area contributed by atoms with Gasteiger partial charge in [-0.05, 0) is 79.9 Å². The fourth-order valence-electron chi connectivity index (χ4n) is 4.13. The Hall–Kier alpha value is -3.87. The van der Waals surface area contributed by atoms with Gasteiger partial charge in [-0.15, -0.1) is 0 Å². The number of benzene rings is 2. The average Bonchev–Trinajstić information content (AvgIpc) is 2.87. The first-order chi connectivity index (χ1) is 16.3. The molecule has 0 aliphatic carbocycles. The summed E-state index contributed by atoms with van der Waals surface area (Å²) in [7, 11) is 1.98. The maximum absolute atomic E-state index is 13.0. The minimum absolute atomic E-state index is 0.0109. The first-order valence-electron chi connectivity index (χ1n) is 11.5. The minimum Gasteiger partial charge on any atom is -0.345 e. The van der Waals surface area contributed by atoms with Crippen LogP contribution in [0, 0.1) is 20.8 Å². The van der Waals surface area contributed by atoms with Crippen LogP contribution in [0.15, 0.2) is 60.9 Å². The number of aryl methyl sites for hydroxylation is 3. The van der Waals surface area contributed by atoms with Crippen LogP contribution >= 0.6 is 0 Å². The quantitative estimate of drug-likeness (QED) is 0.613. The van der Waals surface area contributed by atoms with Gasteiger partial charge in [0.15, 0.2) is 0 Å². The predicted molar refractivity (Wildman–Crippen MR) is 136 cm³/mol. The third-order valence-corrected chi connectivity index (χ3v) is 6.49. The van der Waals surface area contributed by atoms with E-state index in [0.717, 1.165) is 28.2 Å². The van der Waals surface area contributed by atoms with Gasteiger partial charge < -0.3 is 20.0 Å². The van der Waals surface area contributed by atoms with Crippen molar-refractivity contribution in [3.05, 3.63) is 83.2 Å². The molecule has 34 heavy (non-hydrogen) atoms. The molecule has 4 rings (SSSR count). The molecule has 3 aromatic rings. The second-order valence-corrected chi connectivity index (χ2v) is 8.77. The number of rotatable bonds is 4. The Bertz CT molecular complexity index is 1170. The molecule has 2 heterocycles. The number of amides is 3. The molecular formula is C27H31N5O2. The lowest BCUT2D eigenvalue weighted by molar-refractivity contribution is 0.0671. The third-order valence-electron chi connectivity index (χ3n) is 6.49. The van der Waals surface area contributed by atoms with Crippen molar-refractivity contribution >= 4 is 29.0 Å². The van der Waals surface area contributed by atoms with Crippen LogP contribution in [0.1, 0.15) is 27.0 Å². The SMILES string of the molecule is Cc1cc(C)c(NC(=O)N2CCN(C(=O)c3ccc(N(C)c4ccncc4)cc3)CC2)cc1C. The topological polar surface area (TPSA) is 68.8 Å². The summed E-state index contributed by atoms with van der Waals surface area (Å²) in [5.74, 6) is -0.0109. The summed E-state index contributed by atoms with van der Waals surface area (Å²) < 4.78 is 0. The molecule has 1 aromatic heterocycles. The van der Waals surface area contributed by atoms with E-state index >= 15 is 0 Å². The number of carbonyl (C=O) groups is 2. The fraction of sp³-hybridized carbons (Fsp3) is 0.296. The molecule has 0 bridgehead atoms. The van der Waals surface area contributed by atoms with Gasteiger partial charge in [-0.3, -0.25) is 9.78 Å². The highest BCUT2D eigenvalue weighted by Gasteiger charge is 2.25. The first kappa shape index (κ1) is 23.3. The van der Waals surface area contributed by atoms with Crippen LogP contribution in [0.4, 0.5) is 21.9 Å². The van der Waals surface area contributed by atoms with Gasteiger partial charge in [-0.2, -0.15) is 0 Å². The number of piperazine rings is 1. The first-order valence-corrected chi connectivity index (χ1v) is 11.5. The average molecular weight is 458 g/mol. The molecule has 1 N–H and O–H groups in total. The molecule has 0 atom stereocenters. The Morgan fingerprint density at radius 3 is 2.00 bits per heavy atom. The van der Waals surface area contributed by atoms with Crippen molar-refractivity contribution in [3.63, 3.8) is 0 Å². The second kappa shape index (κ2) is 9.95. The van der Waals surface area contributed by atoms with Gasteiger partial charge in [-0.1, -0.05) is 6.07 Å². The summed E-state index contributed by atoms with van der Waals surface area (Å²) in [5.41, 5.74) is 6.90. The van der Waals surface area contributed by atoms with Gasteiger partial charge in [0.2, 0.25) is 0 Å². The highest BCUT2D eigenvalue weighted by molar-refractivity contribution is 5.95. The third kappa shape index (κ3) is 5.03. The van der Waals surface area contributed by atoms with Crippen molar-refractivity contribution in [1.82, 2.24) is 14.8 Å². The Balaban J connectivity index is 1.33. The largest absolute Gasteiger partial charge is 0.345 e. The van der Waals surface area contributed by atoms with Crippen LogP contribution in [-0.4, -0.2) is 59.9 Å². The monoisotopic (exact) mass is 457 g/mol. The maximum Gasteiger partial charge on any atom is 0.321 e. The second-order valence-electron chi connectivity index (χ2n) is 8.77. The summed E-state index contributed by atoms with van der Waals surface area (Å²) in [6.07, 6.45) is 3.51. The summed E-state index contributed by atoms with van der Waals surface area (Å²) >= 11 is 0. The van der Waals surface area contributed by atoms with Crippen molar-refractivity contribution in [2.45, 2.75) is 20.8 Å². The Morgan fingerprint density at radius 1 is 0.794 bits per heavy atom. The Labute approximate surface area is 201 Å². The van der Waals surface area contributed by atoms with Crippen molar-refractivity contribution in [1.29, 1.82) is 0 Å². The number of urea groups is 1. The number of carbonyl (C=O) groups excluding carboxylic acids is 2. The number of aromatic nitrogens is 1. The zero-order valence-electron chi connectivity index (χ0n) is 20.2. The molecule has 1 fully saturated rings. The zero-order chi connectivity index (χ0) is 24.2. The van der Waals surface area contributed by atoms with E-state index in [9.17, 15) is 9.59 Å². The molecule has 0 saturated carbocycles. The summed E-state index contributed by atoms with van der Waals surface area (Å²) in [4.78, 5) is 35.5. The van der Waals surface area contributed by atoms with Gasteiger partial charge in [0.25, 0.3) is 5.91 Å². The number of nitrogens with one attached hydrogen (secondary N) is 1. The molecule has 0 unspecified atom stereocenters. The number of nitrogens with zero attached hydrogens (tertiary/aromatic N) is 4. The number of hydrogen-bond donors (Lipinski definition) is 1. The molecule has 7 heteroatoms. The predicted octanol–water partition coefficient (Wildman–Crippen LogP) is 4.76. The van der Waals surface area contributed by atoms with Gasteiger partial charge in [0.1, 0.15) is 0 Å². The van der Waals surface area contributed by atoms with E-state index in [1.54, 1.807) is 17.3 Å².